The van der Waals surface area contributed by atoms with Crippen LogP contribution in [0.15, 0.2) is 59.3 Å². The molecule has 2 heterocycles. The highest BCUT2D eigenvalue weighted by Gasteiger charge is 2.10. The number of para-hydroxylation sites is 1. The van der Waals surface area contributed by atoms with Gasteiger partial charge in [-0.05, 0) is 36.2 Å². The van der Waals surface area contributed by atoms with Gasteiger partial charge in [-0.2, -0.15) is 0 Å². The summed E-state index contributed by atoms with van der Waals surface area (Å²) >= 11 is 0. The van der Waals surface area contributed by atoms with Crippen LogP contribution in [-0.2, 0) is 13.0 Å². The van der Waals surface area contributed by atoms with Gasteiger partial charge in [-0.15, -0.1) is 0 Å². The molecule has 3 aromatic rings. The lowest BCUT2D eigenvalue weighted by Gasteiger charge is -2.10. The number of anilines is 2. The van der Waals surface area contributed by atoms with Crippen molar-refractivity contribution < 1.29 is 9.21 Å². The van der Waals surface area contributed by atoms with Crippen LogP contribution >= 0.6 is 0 Å². The van der Waals surface area contributed by atoms with Crippen LogP contribution in [0.2, 0.25) is 0 Å². The molecule has 24 heavy (non-hydrogen) atoms. The summed E-state index contributed by atoms with van der Waals surface area (Å²) in [5, 5.41) is 5.93. The zero-order chi connectivity index (χ0) is 16.8. The van der Waals surface area contributed by atoms with E-state index in [1.54, 1.807) is 30.7 Å². The minimum absolute atomic E-state index is 0.277. The molecule has 0 radical (unpaired) electrons. The summed E-state index contributed by atoms with van der Waals surface area (Å²) in [7, 11) is 0. The van der Waals surface area contributed by atoms with Crippen molar-refractivity contribution in [2.45, 2.75) is 19.9 Å². The van der Waals surface area contributed by atoms with Gasteiger partial charge in [-0.1, -0.05) is 25.1 Å². The number of nitrogens with zero attached hydrogens (tertiary/aromatic N) is 2. The monoisotopic (exact) mass is 322 g/mol. The number of carbonyl (C=O) groups is 1. The van der Waals surface area contributed by atoms with E-state index in [1.807, 2.05) is 24.3 Å². The highest BCUT2D eigenvalue weighted by Crippen LogP contribution is 2.18. The van der Waals surface area contributed by atoms with Crippen LogP contribution in [-0.4, -0.2) is 15.9 Å². The molecule has 6 heteroatoms. The van der Waals surface area contributed by atoms with E-state index in [0.717, 1.165) is 17.7 Å². The van der Waals surface area contributed by atoms with E-state index in [9.17, 15) is 4.79 Å². The third kappa shape index (κ3) is 3.78. The molecule has 2 aromatic heterocycles. The van der Waals surface area contributed by atoms with Crippen molar-refractivity contribution in [3.05, 3.63) is 71.9 Å². The number of aromatic nitrogens is 2. The van der Waals surface area contributed by atoms with Crippen LogP contribution in [0.25, 0.3) is 0 Å². The van der Waals surface area contributed by atoms with Gasteiger partial charge in [0.05, 0.1) is 12.8 Å². The van der Waals surface area contributed by atoms with Gasteiger partial charge in [0, 0.05) is 11.9 Å². The SMILES string of the molecule is CCc1ccccc1Nc1nccc(C(=O)NCc2ccco2)n1. The van der Waals surface area contributed by atoms with Crippen molar-refractivity contribution in [2.75, 3.05) is 5.32 Å². The van der Waals surface area contributed by atoms with Crippen molar-refractivity contribution in [1.29, 1.82) is 0 Å². The molecule has 0 aliphatic rings. The van der Waals surface area contributed by atoms with Gasteiger partial charge in [-0.25, -0.2) is 9.97 Å². The standard InChI is InChI=1S/C18H18N4O2/c1-2-13-6-3-4-8-15(13)21-18-19-10-9-16(22-18)17(23)20-12-14-7-5-11-24-14/h3-11H,2,12H2,1H3,(H,20,23)(H,19,21,22). The Bertz CT molecular complexity index is 815. The van der Waals surface area contributed by atoms with E-state index in [0.29, 0.717) is 23.9 Å². The number of furan rings is 1. The van der Waals surface area contributed by atoms with E-state index in [2.05, 4.69) is 27.5 Å². The maximum Gasteiger partial charge on any atom is 0.270 e. The summed E-state index contributed by atoms with van der Waals surface area (Å²) in [6.45, 7) is 2.40. The van der Waals surface area contributed by atoms with Crippen molar-refractivity contribution in [1.82, 2.24) is 15.3 Å². The van der Waals surface area contributed by atoms with Gasteiger partial charge >= 0.3 is 0 Å². The molecule has 0 atom stereocenters. The lowest BCUT2D eigenvalue weighted by Crippen LogP contribution is -2.24. The van der Waals surface area contributed by atoms with Crippen LogP contribution in [0.5, 0.6) is 0 Å². The zero-order valence-corrected chi connectivity index (χ0v) is 13.3. The molecular formula is C18H18N4O2. The van der Waals surface area contributed by atoms with Crippen LogP contribution in [0.1, 0.15) is 28.7 Å². The quantitative estimate of drug-likeness (QED) is 0.728. The van der Waals surface area contributed by atoms with Gasteiger partial charge < -0.3 is 15.1 Å². The summed E-state index contributed by atoms with van der Waals surface area (Å²) in [4.78, 5) is 20.7. The van der Waals surface area contributed by atoms with E-state index >= 15 is 0 Å². The number of carbonyl (C=O) groups excluding carboxylic acids is 1. The molecule has 2 N–H and O–H groups in total. The number of aryl methyl sites for hydroxylation is 1. The van der Waals surface area contributed by atoms with Gasteiger partial charge in [0.2, 0.25) is 5.95 Å². The number of nitrogens with one attached hydrogen (secondary N) is 2. The second-order valence-electron chi connectivity index (χ2n) is 5.16. The second-order valence-corrected chi connectivity index (χ2v) is 5.16. The number of hydrogen-bond donors (Lipinski definition) is 2. The van der Waals surface area contributed by atoms with Crippen molar-refractivity contribution in [3.63, 3.8) is 0 Å². The number of benzene rings is 1. The summed E-state index contributed by atoms with van der Waals surface area (Å²) in [5.41, 5.74) is 2.40. The minimum Gasteiger partial charge on any atom is -0.467 e. The van der Waals surface area contributed by atoms with Gasteiger partial charge in [-0.3, -0.25) is 4.79 Å². The fourth-order valence-electron chi connectivity index (χ4n) is 2.29. The maximum atomic E-state index is 12.2. The highest BCUT2D eigenvalue weighted by atomic mass is 16.3. The number of hydrogen-bond acceptors (Lipinski definition) is 5. The first-order chi connectivity index (χ1) is 11.8. The van der Waals surface area contributed by atoms with Crippen molar-refractivity contribution >= 4 is 17.5 Å². The first kappa shape index (κ1) is 15.7. The molecule has 1 amide bonds. The van der Waals surface area contributed by atoms with E-state index in [1.165, 1.54) is 0 Å². The van der Waals surface area contributed by atoms with Gasteiger partial charge in [0.25, 0.3) is 5.91 Å². The molecule has 1 aromatic carbocycles. The third-order valence-corrected chi connectivity index (χ3v) is 3.54. The van der Waals surface area contributed by atoms with E-state index in [-0.39, 0.29) is 5.91 Å². The van der Waals surface area contributed by atoms with E-state index in [4.69, 9.17) is 4.42 Å². The van der Waals surface area contributed by atoms with Crippen LogP contribution in [0, 0.1) is 0 Å². The fraction of sp³-hybridized carbons (Fsp3) is 0.167. The molecule has 0 aliphatic carbocycles. The average Bonchev–Trinajstić information content (AvgIpc) is 3.14. The molecule has 3 rings (SSSR count). The lowest BCUT2D eigenvalue weighted by atomic mass is 10.1. The summed E-state index contributed by atoms with van der Waals surface area (Å²) in [5.74, 6) is 0.801. The zero-order valence-electron chi connectivity index (χ0n) is 13.3. The van der Waals surface area contributed by atoms with Crippen LogP contribution in [0.4, 0.5) is 11.6 Å². The van der Waals surface area contributed by atoms with Crippen LogP contribution in [0.3, 0.4) is 0 Å². The normalized spacial score (nSPS) is 10.4. The summed E-state index contributed by atoms with van der Waals surface area (Å²) in [6.07, 6.45) is 4.03. The molecule has 0 spiro atoms. The predicted octanol–water partition coefficient (Wildman–Crippen LogP) is 3.31. The Morgan fingerprint density at radius 3 is 2.83 bits per heavy atom. The molecule has 0 bridgehead atoms. The first-order valence-electron chi connectivity index (χ1n) is 7.75. The van der Waals surface area contributed by atoms with Crippen molar-refractivity contribution in [3.8, 4) is 0 Å². The molecule has 0 fully saturated rings. The topological polar surface area (TPSA) is 80.0 Å². The van der Waals surface area contributed by atoms with E-state index < -0.39 is 0 Å². The highest BCUT2D eigenvalue weighted by molar-refractivity contribution is 5.92. The molecule has 0 saturated carbocycles. The molecular weight excluding hydrogens is 304 g/mol. The third-order valence-electron chi connectivity index (χ3n) is 3.54. The molecule has 122 valence electrons. The lowest BCUT2D eigenvalue weighted by molar-refractivity contribution is 0.0943. The Morgan fingerprint density at radius 2 is 2.04 bits per heavy atom. The average molecular weight is 322 g/mol. The number of amides is 1. The Morgan fingerprint density at radius 1 is 1.17 bits per heavy atom. The molecule has 0 saturated heterocycles. The molecule has 0 aliphatic heterocycles. The van der Waals surface area contributed by atoms with Crippen molar-refractivity contribution in [2.24, 2.45) is 0 Å². The minimum atomic E-state index is -0.277. The molecule has 0 unspecified atom stereocenters. The Kier molecular flexibility index (Phi) is 4.86. The van der Waals surface area contributed by atoms with Gasteiger partial charge in [0.1, 0.15) is 11.5 Å². The second kappa shape index (κ2) is 7.41. The Hall–Kier alpha value is -3.15. The summed E-state index contributed by atoms with van der Waals surface area (Å²) in [6, 6.07) is 13.1. The van der Waals surface area contributed by atoms with Crippen LogP contribution < -0.4 is 10.6 Å². The predicted molar refractivity (Wildman–Crippen MR) is 91.0 cm³/mol. The first-order valence-corrected chi connectivity index (χ1v) is 7.75. The summed E-state index contributed by atoms with van der Waals surface area (Å²) < 4.78 is 5.19. The Balaban J connectivity index is 1.70. The Labute approximate surface area is 140 Å². The number of rotatable bonds is 6. The largest absolute Gasteiger partial charge is 0.467 e. The smallest absolute Gasteiger partial charge is 0.270 e. The fourth-order valence-corrected chi connectivity index (χ4v) is 2.29. The van der Waals surface area contributed by atoms with Gasteiger partial charge in [0.15, 0.2) is 0 Å². The maximum absolute atomic E-state index is 12.2. The molecule has 6 nitrogen and oxygen atoms in total.